The van der Waals surface area contributed by atoms with Crippen molar-refractivity contribution in [2.24, 2.45) is 6.98 Å². The van der Waals surface area contributed by atoms with Gasteiger partial charge in [0.15, 0.2) is 0 Å². The second kappa shape index (κ2) is 13.5. The van der Waals surface area contributed by atoms with E-state index in [9.17, 15) is 0 Å². The van der Waals surface area contributed by atoms with Crippen LogP contribution in [0.15, 0.2) is 140 Å². The van der Waals surface area contributed by atoms with Crippen LogP contribution in [0.1, 0.15) is 56.6 Å². The van der Waals surface area contributed by atoms with E-state index in [0.29, 0.717) is 37.7 Å². The minimum atomic E-state index is -2.41. The SMILES string of the molecule is [2H]C([2H])([2H])c1cc(-n2c3[c-]c(Oc4[c-]c5c(cc4)C(C)CCC5n4[c](=[Pt])n(C([2H])([2H])[2H])c5ccccc54)ccc3c3cc(-c4ccccc4)ccc32)ncc1-c1ccccc1. The predicted molar refractivity (Wildman–Crippen MR) is 218 cm³/mol. The maximum absolute atomic E-state index is 8.56. The molecule has 3 aromatic heterocycles. The van der Waals surface area contributed by atoms with Gasteiger partial charge in [-0.2, -0.15) is 0 Å². The number of rotatable bonds is 6. The molecule has 0 saturated heterocycles. The van der Waals surface area contributed by atoms with Gasteiger partial charge in [0.2, 0.25) is 0 Å². The van der Waals surface area contributed by atoms with Crippen molar-refractivity contribution in [1.29, 1.82) is 0 Å². The summed E-state index contributed by atoms with van der Waals surface area (Å²) in [5, 5.41) is 1.87. The van der Waals surface area contributed by atoms with Crippen LogP contribution in [0.2, 0.25) is 0 Å². The zero-order chi connectivity index (χ0) is 42.2. The van der Waals surface area contributed by atoms with Crippen molar-refractivity contribution in [3.05, 3.63) is 172 Å². The fraction of sp³-hybridized carbons (Fsp3) is 0.143. The number of benzene rings is 6. The molecule has 0 N–H and O–H groups in total. The Kier molecular flexibility index (Phi) is 6.82. The molecule has 6 aromatic carbocycles. The second-order valence-corrected chi connectivity index (χ2v) is 15.2. The zero-order valence-electron chi connectivity index (χ0n) is 35.9. The number of para-hydroxylation sites is 2. The Labute approximate surface area is 339 Å². The maximum atomic E-state index is 8.56. The summed E-state index contributed by atoms with van der Waals surface area (Å²) >= 11 is 2.15. The van der Waals surface area contributed by atoms with Crippen LogP contribution in [-0.2, 0) is 26.3 Å². The van der Waals surface area contributed by atoms with E-state index in [4.69, 9.17) is 17.9 Å². The van der Waals surface area contributed by atoms with E-state index in [1.165, 1.54) is 4.57 Å². The number of imidazole rings is 1. The number of ether oxygens (including phenoxy) is 1. The fourth-order valence-corrected chi connectivity index (χ4v) is 9.13. The molecule has 0 aliphatic heterocycles. The Hall–Kier alpha value is -5.77. The Balaban J connectivity index is 1.11. The molecule has 9 aromatic rings. The number of hydrogen-bond acceptors (Lipinski definition) is 2. The van der Waals surface area contributed by atoms with Crippen molar-refractivity contribution in [2.45, 2.75) is 38.6 Å². The molecule has 1 aliphatic carbocycles. The van der Waals surface area contributed by atoms with Gasteiger partial charge in [-0.15, -0.1) is 0 Å². The average Bonchev–Trinajstić information content (AvgIpc) is 3.74. The van der Waals surface area contributed by atoms with Crippen LogP contribution in [0.4, 0.5) is 0 Å². The van der Waals surface area contributed by atoms with Gasteiger partial charge in [-0.05, 0) is 41.2 Å². The smallest absolute Gasteiger partial charge is 0.238 e. The van der Waals surface area contributed by atoms with Gasteiger partial charge >= 0.3 is 206 Å². The summed E-state index contributed by atoms with van der Waals surface area (Å²) in [6.45, 7) is -2.54. The van der Waals surface area contributed by atoms with Gasteiger partial charge in [0.1, 0.15) is 0 Å². The molecule has 0 amide bonds. The van der Waals surface area contributed by atoms with Crippen molar-refractivity contribution in [2.75, 3.05) is 0 Å². The summed E-state index contributed by atoms with van der Waals surface area (Å²) in [7, 11) is 0. The topological polar surface area (TPSA) is 36.9 Å². The first-order valence-corrected chi connectivity index (χ1v) is 19.5. The minimum Gasteiger partial charge on any atom is -0.238 e. The fourth-order valence-electron chi connectivity index (χ4n) is 8.23. The van der Waals surface area contributed by atoms with Crippen LogP contribution in [0, 0.1) is 22.8 Å². The van der Waals surface area contributed by atoms with Gasteiger partial charge in [-0.1, -0.05) is 72.8 Å². The number of aromatic nitrogens is 4. The zero-order valence-corrected chi connectivity index (χ0v) is 32.1. The number of pyridine rings is 1. The molecule has 0 spiro atoms. The van der Waals surface area contributed by atoms with E-state index >= 15 is 0 Å². The third-order valence-corrected chi connectivity index (χ3v) is 12.0. The van der Waals surface area contributed by atoms with Crippen LogP contribution < -0.4 is 4.74 Å². The van der Waals surface area contributed by atoms with Crippen molar-refractivity contribution < 1.29 is 32.3 Å². The summed E-state index contributed by atoms with van der Waals surface area (Å²) in [4.78, 5) is 4.91. The van der Waals surface area contributed by atoms with Crippen molar-refractivity contribution in [3.63, 3.8) is 0 Å². The molecule has 0 saturated carbocycles. The third kappa shape index (κ3) is 5.72. The van der Waals surface area contributed by atoms with Crippen molar-refractivity contribution in [1.82, 2.24) is 18.7 Å². The van der Waals surface area contributed by atoms with Gasteiger partial charge in [0, 0.05) is 15.9 Å². The Morgan fingerprint density at radius 1 is 0.727 bits per heavy atom. The van der Waals surface area contributed by atoms with Crippen LogP contribution in [0.25, 0.3) is 60.9 Å². The molecule has 3 heterocycles. The Morgan fingerprint density at radius 2 is 1.47 bits per heavy atom. The Bertz CT molecular complexity index is 3200. The van der Waals surface area contributed by atoms with Crippen molar-refractivity contribution in [3.8, 4) is 39.6 Å². The van der Waals surface area contributed by atoms with Gasteiger partial charge < -0.3 is 0 Å². The molecule has 5 nitrogen and oxygen atoms in total. The van der Waals surface area contributed by atoms with Crippen LogP contribution in [-0.4, -0.2) is 18.7 Å². The summed E-state index contributed by atoms with van der Waals surface area (Å²) in [5.74, 6) is 1.69. The average molecular weight is 900 g/mol. The molecular weight excluding hydrogens is 856 g/mol. The van der Waals surface area contributed by atoms with Gasteiger partial charge in [0.05, 0.1) is 0 Å². The van der Waals surface area contributed by atoms with Gasteiger partial charge in [-0.25, -0.2) is 4.98 Å². The standard InChI is InChI=1S/C49H38N4O.Pt/c1-32-18-24-44(52-31-51(3)46-16-10-11-17-47(46)52)42-28-37(20-22-39(32)42)54-38-21-23-40-41-27-36(34-12-6-4-7-13-34)19-25-45(41)53(48(40)29-38)49-26-33(2)43(30-50-49)35-14-8-5-9-15-35;/h4-17,19-23,25-27,30,32,44H,18,24H2,1-3H3;/q-2;/i2D3,3D3;. The molecule has 272 valence electrons. The summed E-state index contributed by atoms with van der Waals surface area (Å²) in [5.41, 5.74) is 8.82. The first kappa shape index (κ1) is 27.8. The minimum absolute atomic E-state index is 0.166. The first-order chi connectivity index (χ1) is 29.3. The van der Waals surface area contributed by atoms with Crippen LogP contribution in [0.5, 0.6) is 11.5 Å². The Morgan fingerprint density at radius 3 is 2.27 bits per heavy atom. The second-order valence-electron chi connectivity index (χ2n) is 14.2. The quantitative estimate of drug-likeness (QED) is 0.156. The summed E-state index contributed by atoms with van der Waals surface area (Å²) in [6.07, 6.45) is 3.39. The van der Waals surface area contributed by atoms with E-state index in [0.717, 1.165) is 62.5 Å². The number of nitrogens with zero attached hydrogens (tertiary/aromatic N) is 4. The molecule has 0 bridgehead atoms. The third-order valence-electron chi connectivity index (χ3n) is 10.9. The predicted octanol–water partition coefficient (Wildman–Crippen LogP) is 12.1. The molecule has 2 atom stereocenters. The van der Waals surface area contributed by atoms with Crippen LogP contribution >= 0.6 is 0 Å². The summed E-state index contributed by atoms with van der Waals surface area (Å²) in [6, 6.07) is 50.2. The molecule has 1 aliphatic rings. The molecule has 0 fully saturated rings. The van der Waals surface area contributed by atoms with Crippen LogP contribution in [0.3, 0.4) is 0 Å². The van der Waals surface area contributed by atoms with E-state index in [2.05, 4.69) is 79.4 Å². The molecule has 55 heavy (non-hydrogen) atoms. The van der Waals surface area contributed by atoms with Gasteiger partial charge in [-0.3, -0.25) is 0 Å². The number of hydrogen-bond donors (Lipinski definition) is 0. The normalized spacial score (nSPS) is 17.6. The van der Waals surface area contributed by atoms with E-state index in [1.807, 2.05) is 95.6 Å². The molecule has 2 unspecified atom stereocenters. The number of fused-ring (bicyclic) bond motifs is 5. The molecular formula is C49H38N4OPt-2. The first-order valence-electron chi connectivity index (χ1n) is 21.4. The molecule has 6 heteroatoms. The van der Waals surface area contributed by atoms with Crippen molar-refractivity contribution >= 4 is 32.8 Å². The van der Waals surface area contributed by atoms with Gasteiger partial charge in [0.25, 0.3) is 0 Å². The van der Waals surface area contributed by atoms with E-state index < -0.39 is 13.8 Å². The molecule has 0 radical (unpaired) electrons. The molecule has 10 rings (SSSR count). The van der Waals surface area contributed by atoms with E-state index in [1.54, 1.807) is 12.3 Å². The number of aryl methyl sites for hydroxylation is 2. The van der Waals surface area contributed by atoms with E-state index in [-0.39, 0.29) is 17.5 Å². The summed E-state index contributed by atoms with van der Waals surface area (Å²) < 4.78 is 63.6. The monoisotopic (exact) mass is 899 g/mol.